The van der Waals surface area contributed by atoms with Crippen molar-refractivity contribution in [1.82, 2.24) is 15.7 Å². The van der Waals surface area contributed by atoms with Gasteiger partial charge in [0.25, 0.3) is 11.8 Å². The minimum absolute atomic E-state index is 0.0501. The van der Waals surface area contributed by atoms with Gasteiger partial charge in [0.05, 0.1) is 85.7 Å². The summed E-state index contributed by atoms with van der Waals surface area (Å²) < 4.78 is 32.4. The first kappa shape index (κ1) is 46.3. The minimum Gasteiger partial charge on any atom is -0.379 e. The van der Waals surface area contributed by atoms with Crippen molar-refractivity contribution in [2.24, 2.45) is 0 Å². The molecule has 15 nitrogen and oxygen atoms in total. The number of unbranched alkanes of at least 4 members (excludes halogenated alkanes) is 10. The van der Waals surface area contributed by atoms with E-state index in [1.165, 1.54) is 57.8 Å². The van der Waals surface area contributed by atoms with Gasteiger partial charge in [0.2, 0.25) is 11.8 Å². The normalized spacial score (nSPS) is 12.8. The van der Waals surface area contributed by atoms with E-state index in [4.69, 9.17) is 33.3 Å². The molecule has 15 heteroatoms. The van der Waals surface area contributed by atoms with Gasteiger partial charge in [-0.25, -0.2) is 4.79 Å². The summed E-state index contributed by atoms with van der Waals surface area (Å²) >= 11 is 0. The zero-order chi connectivity index (χ0) is 37.0. The van der Waals surface area contributed by atoms with Gasteiger partial charge in [-0.05, 0) is 6.42 Å². The number of hydrogen-bond acceptors (Lipinski definition) is 12. The number of nitrogens with zero attached hydrogens (tertiary/aromatic N) is 1. The van der Waals surface area contributed by atoms with Crippen molar-refractivity contribution >= 4 is 29.6 Å². The number of carbonyl (C=O) groups excluding carboxylic acids is 5. The Labute approximate surface area is 304 Å². The summed E-state index contributed by atoms with van der Waals surface area (Å²) in [5, 5.41) is 6.17. The van der Waals surface area contributed by atoms with Gasteiger partial charge in [0.15, 0.2) is 0 Å². The molecule has 0 atom stereocenters. The number of amides is 4. The largest absolute Gasteiger partial charge is 0.379 e. The Hall–Kier alpha value is -2.69. The van der Waals surface area contributed by atoms with Crippen molar-refractivity contribution in [2.45, 2.75) is 110 Å². The number of hydrogen-bond donors (Lipinski definition) is 2. The monoisotopic (exact) mass is 731 g/mol. The summed E-state index contributed by atoms with van der Waals surface area (Å²) in [5.41, 5.74) is 0. The lowest BCUT2D eigenvalue weighted by molar-refractivity contribution is -0.198. The molecular formula is C36H65N3O12. The van der Waals surface area contributed by atoms with Gasteiger partial charge in [-0.1, -0.05) is 71.1 Å². The van der Waals surface area contributed by atoms with Crippen molar-refractivity contribution in [2.75, 3.05) is 92.4 Å². The summed E-state index contributed by atoms with van der Waals surface area (Å²) in [6, 6.07) is 0. The Balaban J connectivity index is 1.73. The van der Waals surface area contributed by atoms with Crippen LogP contribution in [0.5, 0.6) is 0 Å². The van der Waals surface area contributed by atoms with Crippen molar-refractivity contribution in [3.05, 3.63) is 0 Å². The zero-order valence-corrected chi connectivity index (χ0v) is 31.1. The second kappa shape index (κ2) is 34.4. The van der Waals surface area contributed by atoms with Gasteiger partial charge in [-0.3, -0.25) is 19.2 Å². The van der Waals surface area contributed by atoms with Gasteiger partial charge in [0, 0.05) is 38.8 Å². The molecule has 1 saturated heterocycles. The first-order valence-electron chi connectivity index (χ1n) is 19.0. The summed E-state index contributed by atoms with van der Waals surface area (Å²) in [4.78, 5) is 63.0. The van der Waals surface area contributed by atoms with Crippen molar-refractivity contribution in [3.63, 3.8) is 0 Å². The number of hydroxylamine groups is 2. The molecule has 0 bridgehead atoms. The molecule has 296 valence electrons. The van der Waals surface area contributed by atoms with Crippen LogP contribution < -0.4 is 10.6 Å². The van der Waals surface area contributed by atoms with Gasteiger partial charge in [-0.2, -0.15) is 0 Å². The van der Waals surface area contributed by atoms with Crippen molar-refractivity contribution in [3.8, 4) is 0 Å². The Morgan fingerprint density at radius 1 is 0.490 bits per heavy atom. The highest BCUT2D eigenvalue weighted by atomic mass is 16.7. The lowest BCUT2D eigenvalue weighted by atomic mass is 10.1. The number of imide groups is 1. The molecule has 0 radical (unpaired) electrons. The highest BCUT2D eigenvalue weighted by Crippen LogP contribution is 2.13. The van der Waals surface area contributed by atoms with Crippen LogP contribution in [0.2, 0.25) is 0 Å². The third-order valence-electron chi connectivity index (χ3n) is 7.76. The van der Waals surface area contributed by atoms with E-state index in [0.29, 0.717) is 90.6 Å². The number of nitrogens with one attached hydrogen (secondary N) is 2. The maximum Gasteiger partial charge on any atom is 0.335 e. The second-order valence-electron chi connectivity index (χ2n) is 12.2. The fourth-order valence-electron chi connectivity index (χ4n) is 4.86. The lowest BCUT2D eigenvalue weighted by Crippen LogP contribution is -2.32. The predicted molar refractivity (Wildman–Crippen MR) is 188 cm³/mol. The number of ether oxygens (including phenoxy) is 6. The van der Waals surface area contributed by atoms with E-state index in [2.05, 4.69) is 17.6 Å². The molecule has 0 saturated carbocycles. The summed E-state index contributed by atoms with van der Waals surface area (Å²) in [7, 11) is 0. The predicted octanol–water partition coefficient (Wildman–Crippen LogP) is 3.41. The standard InChI is InChI=1S/C36H65N3O12/c1-2-3-4-5-6-7-8-9-10-11-12-13-32(40)37-18-22-47-26-30-49-28-24-45-20-16-33(41)38-19-23-48-27-31-50-29-25-46-21-17-36(44)51-39-34(42)14-15-35(39)43/h2-31H2,1H3,(H,37,40)(H,38,41). The van der Waals surface area contributed by atoms with Crippen LogP contribution in [0.1, 0.15) is 110 Å². The molecule has 0 unspecified atom stereocenters. The molecule has 51 heavy (non-hydrogen) atoms. The average Bonchev–Trinajstić information content (AvgIpc) is 3.43. The topological polar surface area (TPSA) is 177 Å². The maximum absolute atomic E-state index is 11.9. The summed E-state index contributed by atoms with van der Waals surface area (Å²) in [6.07, 6.45) is 14.8. The average molecular weight is 732 g/mol. The summed E-state index contributed by atoms with van der Waals surface area (Å²) in [6.45, 7) is 7.20. The van der Waals surface area contributed by atoms with E-state index < -0.39 is 17.8 Å². The first-order chi connectivity index (χ1) is 24.9. The van der Waals surface area contributed by atoms with Crippen molar-refractivity contribution in [1.29, 1.82) is 0 Å². The third-order valence-corrected chi connectivity index (χ3v) is 7.76. The van der Waals surface area contributed by atoms with Crippen LogP contribution in [0.4, 0.5) is 0 Å². The molecule has 1 rings (SSSR count). The Bertz CT molecular complexity index is 908. The quantitative estimate of drug-likeness (QED) is 0.0705. The lowest BCUT2D eigenvalue weighted by Gasteiger charge is -2.12. The molecule has 0 aliphatic carbocycles. The molecule has 1 heterocycles. The third kappa shape index (κ3) is 29.6. The van der Waals surface area contributed by atoms with Crippen LogP contribution in [0.25, 0.3) is 0 Å². The molecule has 1 aliphatic rings. The van der Waals surface area contributed by atoms with Crippen LogP contribution in [-0.4, -0.2) is 127 Å². The van der Waals surface area contributed by atoms with Gasteiger partial charge < -0.3 is 43.9 Å². The van der Waals surface area contributed by atoms with E-state index in [9.17, 15) is 24.0 Å². The van der Waals surface area contributed by atoms with Gasteiger partial charge >= 0.3 is 5.97 Å². The Morgan fingerprint density at radius 2 is 0.863 bits per heavy atom. The first-order valence-corrected chi connectivity index (χ1v) is 19.0. The molecule has 4 amide bonds. The van der Waals surface area contributed by atoms with Gasteiger partial charge in [0.1, 0.15) is 0 Å². The van der Waals surface area contributed by atoms with E-state index in [1.807, 2.05) is 0 Å². The zero-order valence-electron chi connectivity index (χ0n) is 31.1. The van der Waals surface area contributed by atoms with Crippen LogP contribution in [0.15, 0.2) is 0 Å². The van der Waals surface area contributed by atoms with Crippen LogP contribution in [-0.2, 0) is 57.2 Å². The molecule has 1 fully saturated rings. The van der Waals surface area contributed by atoms with E-state index in [-0.39, 0.29) is 50.7 Å². The highest BCUT2D eigenvalue weighted by molar-refractivity contribution is 6.01. The Kier molecular flexibility index (Phi) is 31.2. The van der Waals surface area contributed by atoms with Crippen LogP contribution in [0.3, 0.4) is 0 Å². The molecular weight excluding hydrogens is 666 g/mol. The van der Waals surface area contributed by atoms with Crippen LogP contribution in [0, 0.1) is 0 Å². The molecule has 0 aromatic heterocycles. The van der Waals surface area contributed by atoms with Crippen LogP contribution >= 0.6 is 0 Å². The molecule has 2 N–H and O–H groups in total. The maximum atomic E-state index is 11.9. The SMILES string of the molecule is CCCCCCCCCCCCCC(=O)NCCOCCOCCOCCC(=O)NCCOCCOCCOCCC(=O)ON1C(=O)CCC1=O. The number of rotatable bonds is 37. The number of carbonyl (C=O) groups is 5. The summed E-state index contributed by atoms with van der Waals surface area (Å²) in [5.74, 6) is -1.80. The van der Waals surface area contributed by atoms with E-state index in [1.54, 1.807) is 0 Å². The molecule has 0 aromatic rings. The Morgan fingerprint density at radius 3 is 1.33 bits per heavy atom. The second-order valence-corrected chi connectivity index (χ2v) is 12.2. The minimum atomic E-state index is -0.713. The fourth-order valence-corrected chi connectivity index (χ4v) is 4.86. The fraction of sp³-hybridized carbons (Fsp3) is 0.861. The molecule has 0 aromatic carbocycles. The van der Waals surface area contributed by atoms with Gasteiger partial charge in [-0.15, -0.1) is 5.06 Å². The van der Waals surface area contributed by atoms with E-state index in [0.717, 1.165) is 12.8 Å². The van der Waals surface area contributed by atoms with Crippen molar-refractivity contribution < 1.29 is 57.2 Å². The smallest absolute Gasteiger partial charge is 0.335 e. The van der Waals surface area contributed by atoms with E-state index >= 15 is 0 Å². The molecule has 0 spiro atoms. The molecule has 1 aliphatic heterocycles. The highest BCUT2D eigenvalue weighted by Gasteiger charge is 2.32.